The minimum atomic E-state index is -4.22. The monoisotopic (exact) mass is 605 g/mol. The van der Waals surface area contributed by atoms with Crippen LogP contribution in [0.4, 0.5) is 0 Å². The first-order valence-electron chi connectivity index (χ1n) is 11.5. The molecule has 2 aromatic carbocycles. The van der Waals surface area contributed by atoms with E-state index in [1.807, 2.05) is 30.3 Å². The number of nitrogens with one attached hydrogen (secondary N) is 1. The van der Waals surface area contributed by atoms with Crippen LogP contribution in [0.25, 0.3) is 0 Å². The Morgan fingerprint density at radius 2 is 1.71 bits per heavy atom. The third-order valence-corrected chi connectivity index (χ3v) is 7.41. The molecule has 1 N–H and O–H groups in total. The van der Waals surface area contributed by atoms with Gasteiger partial charge in [-0.1, -0.05) is 102 Å². The molecule has 0 spiro atoms. The molecule has 0 radical (unpaired) electrons. The van der Waals surface area contributed by atoms with Crippen molar-refractivity contribution in [1.82, 2.24) is 0 Å². The molecule has 0 amide bonds. The van der Waals surface area contributed by atoms with Crippen LogP contribution >= 0.6 is 34.8 Å². The Morgan fingerprint density at radius 1 is 1.05 bits per heavy atom. The molecule has 2 fully saturated rings. The summed E-state index contributed by atoms with van der Waals surface area (Å²) in [5.41, 5.74) is 1.25. The number of hydrogen-bond acceptors (Lipinski definition) is 9. The molecule has 2 aliphatic heterocycles. The second kappa shape index (κ2) is 12.6. The zero-order valence-electron chi connectivity index (χ0n) is 20.0. The molecule has 0 aliphatic carbocycles. The predicted molar refractivity (Wildman–Crippen MR) is 142 cm³/mol. The van der Waals surface area contributed by atoms with Gasteiger partial charge >= 0.3 is 0 Å². The summed E-state index contributed by atoms with van der Waals surface area (Å²) in [6.07, 6.45) is -4.91. The van der Waals surface area contributed by atoms with Crippen molar-refractivity contribution in [2.45, 2.75) is 46.5 Å². The van der Waals surface area contributed by atoms with Gasteiger partial charge in [0, 0.05) is 5.56 Å². The molecule has 2 saturated heterocycles. The van der Waals surface area contributed by atoms with Gasteiger partial charge < -0.3 is 23.7 Å². The van der Waals surface area contributed by atoms with E-state index in [-0.39, 0.29) is 13.2 Å². The SMILES string of the molecule is C=CCO[C@@H]1[C@H](OS(=O)(=O)Cc2ccccc2)[C@@H](OC(=N)C(Cl)(Cl)Cl)O[C@@H]2COC(c3ccccc3)O[C@@H]12. The van der Waals surface area contributed by atoms with Gasteiger partial charge in [0.05, 0.1) is 13.2 Å². The minimum absolute atomic E-state index is 0.0291. The molecule has 0 saturated carbocycles. The molecule has 1 unspecified atom stereocenters. The van der Waals surface area contributed by atoms with Gasteiger partial charge in [-0.25, -0.2) is 0 Å². The summed E-state index contributed by atoms with van der Waals surface area (Å²) >= 11 is 17.4. The van der Waals surface area contributed by atoms with Gasteiger partial charge in [-0.3, -0.25) is 9.59 Å². The number of alkyl halides is 3. The molecular weight excluding hydrogens is 581 g/mol. The zero-order valence-corrected chi connectivity index (χ0v) is 23.0. The number of ether oxygens (including phenoxy) is 5. The molecule has 2 heterocycles. The van der Waals surface area contributed by atoms with E-state index in [1.165, 1.54) is 6.08 Å². The standard InChI is InChI=1S/C25H26Cl3NO8S/c1-2-13-32-20-19-18(14-33-22(35-19)17-11-7-4-8-12-17)34-23(36-24(29)25(26,27)28)21(20)37-38(30,31)15-16-9-5-3-6-10-16/h2-12,18-23,29H,1,13-15H2/t18-,19-,20+,21+,22?,23-/m1/s1. The number of benzene rings is 2. The van der Waals surface area contributed by atoms with Crippen LogP contribution in [-0.4, -0.2) is 62.0 Å². The summed E-state index contributed by atoms with van der Waals surface area (Å²) in [6.45, 7) is 3.74. The molecule has 6 atom stereocenters. The van der Waals surface area contributed by atoms with Crippen molar-refractivity contribution in [3.05, 3.63) is 84.4 Å². The molecule has 13 heteroatoms. The van der Waals surface area contributed by atoms with E-state index in [0.717, 1.165) is 5.56 Å². The largest absolute Gasteiger partial charge is 0.445 e. The van der Waals surface area contributed by atoms with E-state index in [0.29, 0.717) is 5.56 Å². The van der Waals surface area contributed by atoms with E-state index >= 15 is 0 Å². The first-order chi connectivity index (χ1) is 18.1. The maximum Gasteiger partial charge on any atom is 0.272 e. The van der Waals surface area contributed by atoms with Crippen molar-refractivity contribution >= 4 is 50.8 Å². The first-order valence-corrected chi connectivity index (χ1v) is 14.3. The maximum atomic E-state index is 13.2. The summed E-state index contributed by atoms with van der Waals surface area (Å²) in [5, 5.41) is 8.03. The number of rotatable bonds is 9. The number of hydrogen-bond donors (Lipinski definition) is 1. The highest BCUT2D eigenvalue weighted by Gasteiger charge is 2.54. The molecule has 2 aliphatic rings. The van der Waals surface area contributed by atoms with Crippen LogP contribution in [0, 0.1) is 5.41 Å². The lowest BCUT2D eigenvalue weighted by molar-refractivity contribution is -0.352. The van der Waals surface area contributed by atoms with Crippen LogP contribution in [0.2, 0.25) is 0 Å². The lowest BCUT2D eigenvalue weighted by Gasteiger charge is -2.48. The van der Waals surface area contributed by atoms with Crippen molar-refractivity contribution in [3.63, 3.8) is 0 Å². The van der Waals surface area contributed by atoms with Crippen molar-refractivity contribution < 1.29 is 36.3 Å². The highest BCUT2D eigenvalue weighted by molar-refractivity contribution is 7.85. The van der Waals surface area contributed by atoms with Crippen molar-refractivity contribution in [2.75, 3.05) is 13.2 Å². The third kappa shape index (κ3) is 7.47. The molecular formula is C25H26Cl3NO8S. The Labute approximate surface area is 236 Å². The summed E-state index contributed by atoms with van der Waals surface area (Å²) in [4.78, 5) is 0. The molecule has 2 aromatic rings. The van der Waals surface area contributed by atoms with Crippen molar-refractivity contribution in [1.29, 1.82) is 5.41 Å². The van der Waals surface area contributed by atoms with Gasteiger partial charge in [0.2, 0.25) is 12.2 Å². The average Bonchev–Trinajstić information content (AvgIpc) is 2.88. The molecule has 38 heavy (non-hydrogen) atoms. The molecule has 4 rings (SSSR count). The smallest absolute Gasteiger partial charge is 0.272 e. The topological polar surface area (TPSA) is 113 Å². The molecule has 0 bridgehead atoms. The van der Waals surface area contributed by atoms with Crippen LogP contribution in [0.15, 0.2) is 73.3 Å². The summed E-state index contributed by atoms with van der Waals surface area (Å²) in [7, 11) is -4.22. The molecule has 206 valence electrons. The van der Waals surface area contributed by atoms with Crippen LogP contribution in [-0.2, 0) is 43.7 Å². The third-order valence-electron chi connectivity index (χ3n) is 5.70. The van der Waals surface area contributed by atoms with Crippen molar-refractivity contribution in [2.24, 2.45) is 0 Å². The fourth-order valence-electron chi connectivity index (χ4n) is 4.06. The Bertz CT molecular complexity index is 1200. The predicted octanol–water partition coefficient (Wildman–Crippen LogP) is 4.68. The Morgan fingerprint density at radius 3 is 2.34 bits per heavy atom. The van der Waals surface area contributed by atoms with Gasteiger partial charge in [-0.2, -0.15) is 8.42 Å². The van der Waals surface area contributed by atoms with E-state index in [2.05, 4.69) is 6.58 Å². The quantitative estimate of drug-likeness (QED) is 0.144. The fourth-order valence-corrected chi connectivity index (χ4v) is 5.40. The van der Waals surface area contributed by atoms with E-state index in [9.17, 15) is 8.42 Å². The van der Waals surface area contributed by atoms with Crippen molar-refractivity contribution in [3.8, 4) is 0 Å². The van der Waals surface area contributed by atoms with Crippen LogP contribution < -0.4 is 0 Å². The van der Waals surface area contributed by atoms with E-state index in [4.69, 9.17) is 68.1 Å². The highest BCUT2D eigenvalue weighted by Crippen LogP contribution is 2.38. The first kappa shape index (κ1) is 29.3. The maximum absolute atomic E-state index is 13.2. The van der Waals surface area contributed by atoms with Gasteiger partial charge in [0.25, 0.3) is 13.9 Å². The van der Waals surface area contributed by atoms with Gasteiger partial charge in [0.15, 0.2) is 12.4 Å². The Balaban J connectivity index is 1.65. The summed E-state index contributed by atoms with van der Waals surface area (Å²) in [6, 6.07) is 17.7. The average molecular weight is 607 g/mol. The summed E-state index contributed by atoms with van der Waals surface area (Å²) < 4.78 is 59.2. The minimum Gasteiger partial charge on any atom is -0.445 e. The molecule has 9 nitrogen and oxygen atoms in total. The van der Waals surface area contributed by atoms with Gasteiger partial charge in [0.1, 0.15) is 24.1 Å². The normalized spacial score (nSPS) is 27.8. The Kier molecular flexibility index (Phi) is 9.72. The number of halogens is 3. The van der Waals surface area contributed by atoms with E-state index in [1.54, 1.807) is 30.3 Å². The van der Waals surface area contributed by atoms with Gasteiger partial charge in [-0.05, 0) is 5.56 Å². The van der Waals surface area contributed by atoms with Crippen LogP contribution in [0.5, 0.6) is 0 Å². The molecule has 0 aromatic heterocycles. The fraction of sp³-hybridized carbons (Fsp3) is 0.400. The van der Waals surface area contributed by atoms with E-state index < -0.39 is 62.6 Å². The van der Waals surface area contributed by atoms with Crippen LogP contribution in [0.1, 0.15) is 17.4 Å². The second-order valence-electron chi connectivity index (χ2n) is 8.50. The Hall–Kier alpha value is -1.73. The second-order valence-corrected chi connectivity index (χ2v) is 12.4. The number of fused-ring (bicyclic) bond motifs is 1. The highest BCUT2D eigenvalue weighted by atomic mass is 35.6. The van der Waals surface area contributed by atoms with Crippen LogP contribution in [0.3, 0.4) is 0 Å². The summed E-state index contributed by atoms with van der Waals surface area (Å²) in [5.74, 6) is -1.22. The van der Waals surface area contributed by atoms with Gasteiger partial charge in [-0.15, -0.1) is 6.58 Å². The lowest BCUT2D eigenvalue weighted by atomic mass is 9.97. The lowest BCUT2D eigenvalue weighted by Crippen LogP contribution is -2.64. The zero-order chi connectivity index (χ0) is 27.3.